The number of benzene rings is 1. The van der Waals surface area contributed by atoms with Crippen LogP contribution < -0.4 is 0 Å². The lowest BCUT2D eigenvalue weighted by molar-refractivity contribution is -0.139. The Morgan fingerprint density at radius 3 is 2.46 bits per heavy atom. The Kier molecular flexibility index (Phi) is 3.54. The van der Waals surface area contributed by atoms with Crippen LogP contribution in [0.1, 0.15) is 28.0 Å². The van der Waals surface area contributed by atoms with Crippen LogP contribution in [0.2, 0.25) is 0 Å². The summed E-state index contributed by atoms with van der Waals surface area (Å²) >= 11 is 0. The number of rotatable bonds is 1. The number of Topliss-reactive ketones (excluding diaryl/α,β-unsaturated/α-hetero) is 1. The van der Waals surface area contributed by atoms with Crippen LogP contribution in [0, 0.1) is 12.7 Å². The molecule has 2 heterocycles. The second-order valence-electron chi connectivity index (χ2n) is 5.69. The fourth-order valence-electron chi connectivity index (χ4n) is 2.90. The minimum absolute atomic E-state index is 0.0103. The molecule has 8 heteroatoms. The fraction of sp³-hybridized carbons (Fsp3) is 0.312. The number of hydrogen-bond acceptors (Lipinski definition) is 1. The van der Waals surface area contributed by atoms with Gasteiger partial charge < -0.3 is 4.57 Å². The summed E-state index contributed by atoms with van der Waals surface area (Å²) in [4.78, 5) is 11.9. The predicted molar refractivity (Wildman–Crippen MR) is 73.5 cm³/mol. The van der Waals surface area contributed by atoms with Gasteiger partial charge in [-0.05, 0) is 42.3 Å². The number of hydrogen-bond donors (Lipinski definition) is 0. The number of alkyl halides is 5. The molecule has 1 aliphatic heterocycles. The average molecular weight is 347 g/mol. The van der Waals surface area contributed by atoms with Crippen LogP contribution in [0.15, 0.2) is 24.3 Å². The molecule has 1 aliphatic rings. The average Bonchev–Trinajstić information content (AvgIpc) is 2.80. The molecule has 0 amide bonds. The predicted octanol–water partition coefficient (Wildman–Crippen LogP) is 4.84. The molecule has 0 saturated carbocycles. The van der Waals surface area contributed by atoms with E-state index in [1.165, 1.54) is 17.6 Å². The molecule has 2 aromatic rings. The van der Waals surface area contributed by atoms with Crippen molar-refractivity contribution in [3.8, 4) is 11.3 Å². The van der Waals surface area contributed by atoms with Crippen LogP contribution in [0.5, 0.6) is 0 Å². The van der Waals surface area contributed by atoms with Gasteiger partial charge in [-0.3, -0.25) is 4.79 Å². The van der Waals surface area contributed by atoms with E-state index in [0.717, 1.165) is 6.07 Å². The smallest absolute Gasteiger partial charge is 0.337 e. The molecule has 128 valence electrons. The zero-order chi connectivity index (χ0) is 17.9. The van der Waals surface area contributed by atoms with Gasteiger partial charge in [-0.25, -0.2) is 4.39 Å². The van der Waals surface area contributed by atoms with E-state index in [1.807, 2.05) is 0 Å². The van der Waals surface area contributed by atoms with Gasteiger partial charge in [-0.15, -0.1) is 0 Å². The Labute approximate surface area is 132 Å². The molecule has 0 N–H and O–H groups in total. The number of carbonyl (C=O) groups is 1. The SMILES string of the molecule is Cc1cc(-c2ccc(F)c(C(F)(F)F)c2)n2c1C(=O)C(F)(F)CC2. The van der Waals surface area contributed by atoms with E-state index >= 15 is 0 Å². The lowest BCUT2D eigenvalue weighted by Crippen LogP contribution is -2.37. The molecule has 0 aliphatic carbocycles. The minimum Gasteiger partial charge on any atom is -0.337 e. The fourth-order valence-corrected chi connectivity index (χ4v) is 2.90. The maximum Gasteiger partial charge on any atom is 0.419 e. The third-order valence-corrected chi connectivity index (χ3v) is 4.05. The Balaban J connectivity index is 2.17. The molecule has 1 aromatic heterocycles. The van der Waals surface area contributed by atoms with E-state index in [4.69, 9.17) is 0 Å². The Morgan fingerprint density at radius 2 is 1.83 bits per heavy atom. The highest BCUT2D eigenvalue weighted by molar-refractivity contribution is 6.02. The second kappa shape index (κ2) is 5.12. The Morgan fingerprint density at radius 1 is 1.17 bits per heavy atom. The van der Waals surface area contributed by atoms with Gasteiger partial charge in [-0.2, -0.15) is 22.0 Å². The van der Waals surface area contributed by atoms with Crippen molar-refractivity contribution in [2.45, 2.75) is 32.0 Å². The highest BCUT2D eigenvalue weighted by Crippen LogP contribution is 2.38. The number of ketones is 1. The lowest BCUT2D eigenvalue weighted by atomic mass is 10.0. The van der Waals surface area contributed by atoms with Gasteiger partial charge in [0, 0.05) is 18.7 Å². The number of nitrogens with zero attached hydrogens (tertiary/aromatic N) is 1. The number of fused-ring (bicyclic) bond motifs is 1. The maximum absolute atomic E-state index is 13.6. The first kappa shape index (κ1) is 16.6. The molecule has 0 fully saturated rings. The zero-order valence-electron chi connectivity index (χ0n) is 12.3. The summed E-state index contributed by atoms with van der Waals surface area (Å²) in [6.07, 6.45) is -5.61. The van der Waals surface area contributed by atoms with E-state index in [-0.39, 0.29) is 29.1 Å². The molecule has 3 rings (SSSR count). The summed E-state index contributed by atoms with van der Waals surface area (Å²) in [7, 11) is 0. The van der Waals surface area contributed by atoms with Gasteiger partial charge in [0.2, 0.25) is 5.78 Å². The third kappa shape index (κ3) is 2.50. The minimum atomic E-state index is -4.88. The van der Waals surface area contributed by atoms with Gasteiger partial charge in [0.15, 0.2) is 0 Å². The molecular weight excluding hydrogens is 336 g/mol. The van der Waals surface area contributed by atoms with Crippen molar-refractivity contribution in [3.05, 3.63) is 46.9 Å². The van der Waals surface area contributed by atoms with E-state index in [9.17, 15) is 31.1 Å². The van der Waals surface area contributed by atoms with E-state index in [0.29, 0.717) is 12.1 Å². The summed E-state index contributed by atoms with van der Waals surface area (Å²) in [5.41, 5.74) is -1.24. The van der Waals surface area contributed by atoms with Crippen LogP contribution >= 0.6 is 0 Å². The molecule has 1 aromatic carbocycles. The van der Waals surface area contributed by atoms with E-state index < -0.39 is 35.7 Å². The summed E-state index contributed by atoms with van der Waals surface area (Å²) < 4.78 is 80.4. The van der Waals surface area contributed by atoms with Gasteiger partial charge in [0.25, 0.3) is 0 Å². The lowest BCUT2D eigenvalue weighted by Gasteiger charge is -2.24. The first-order valence-electron chi connectivity index (χ1n) is 7.02. The summed E-state index contributed by atoms with van der Waals surface area (Å²) in [6, 6.07) is 3.78. The Hall–Kier alpha value is -2.25. The van der Waals surface area contributed by atoms with E-state index in [2.05, 4.69) is 0 Å². The monoisotopic (exact) mass is 347 g/mol. The van der Waals surface area contributed by atoms with Crippen molar-refractivity contribution in [2.24, 2.45) is 0 Å². The molecule has 0 bridgehead atoms. The van der Waals surface area contributed by atoms with Crippen molar-refractivity contribution in [1.29, 1.82) is 0 Å². The summed E-state index contributed by atoms with van der Waals surface area (Å²) in [5.74, 6) is -6.26. The number of aromatic nitrogens is 1. The summed E-state index contributed by atoms with van der Waals surface area (Å²) in [6.45, 7) is 1.22. The first-order chi connectivity index (χ1) is 11.0. The Bertz CT molecular complexity index is 834. The normalized spacial score (nSPS) is 17.0. The second-order valence-corrected chi connectivity index (χ2v) is 5.69. The molecule has 0 atom stereocenters. The third-order valence-electron chi connectivity index (χ3n) is 4.05. The quantitative estimate of drug-likeness (QED) is 0.677. The molecule has 0 unspecified atom stereocenters. The first-order valence-corrected chi connectivity index (χ1v) is 7.02. The van der Waals surface area contributed by atoms with Crippen molar-refractivity contribution in [1.82, 2.24) is 4.57 Å². The zero-order valence-corrected chi connectivity index (χ0v) is 12.3. The molecule has 2 nitrogen and oxygen atoms in total. The van der Waals surface area contributed by atoms with Crippen LogP contribution in [0.4, 0.5) is 26.3 Å². The number of carbonyl (C=O) groups excluding carboxylic acids is 1. The van der Waals surface area contributed by atoms with Gasteiger partial charge in [0.05, 0.1) is 11.3 Å². The van der Waals surface area contributed by atoms with Gasteiger partial charge in [0.1, 0.15) is 5.82 Å². The number of aryl methyl sites for hydroxylation is 1. The molecule has 0 saturated heterocycles. The molecule has 24 heavy (non-hydrogen) atoms. The van der Waals surface area contributed by atoms with Crippen molar-refractivity contribution >= 4 is 5.78 Å². The molecule has 0 radical (unpaired) electrons. The van der Waals surface area contributed by atoms with Crippen molar-refractivity contribution in [3.63, 3.8) is 0 Å². The van der Waals surface area contributed by atoms with Crippen molar-refractivity contribution in [2.75, 3.05) is 0 Å². The topological polar surface area (TPSA) is 22.0 Å². The van der Waals surface area contributed by atoms with Crippen LogP contribution in [0.25, 0.3) is 11.3 Å². The highest BCUT2D eigenvalue weighted by Gasteiger charge is 2.45. The van der Waals surface area contributed by atoms with Crippen LogP contribution in [-0.2, 0) is 12.7 Å². The molecular formula is C16H11F6NO. The maximum atomic E-state index is 13.6. The largest absolute Gasteiger partial charge is 0.419 e. The van der Waals surface area contributed by atoms with Crippen molar-refractivity contribution < 1.29 is 31.1 Å². The highest BCUT2D eigenvalue weighted by atomic mass is 19.4. The van der Waals surface area contributed by atoms with Gasteiger partial charge >= 0.3 is 12.1 Å². The number of halogens is 6. The van der Waals surface area contributed by atoms with E-state index in [1.54, 1.807) is 0 Å². The van der Waals surface area contributed by atoms with Crippen LogP contribution in [-0.4, -0.2) is 16.3 Å². The van der Waals surface area contributed by atoms with Crippen LogP contribution in [0.3, 0.4) is 0 Å². The summed E-state index contributed by atoms with van der Waals surface area (Å²) in [5, 5.41) is 0. The standard InChI is InChI=1S/C16H11F6NO/c1-8-6-12(23-5-4-15(18,19)14(24)13(8)23)9-2-3-11(17)10(7-9)16(20,21)22/h2-3,6-7H,4-5H2,1H3. The van der Waals surface area contributed by atoms with Gasteiger partial charge in [-0.1, -0.05) is 0 Å². The molecule has 0 spiro atoms.